The van der Waals surface area contributed by atoms with Crippen molar-refractivity contribution in [1.29, 1.82) is 0 Å². The first-order chi connectivity index (χ1) is 19.9. The van der Waals surface area contributed by atoms with Crippen LogP contribution < -0.4 is 10.6 Å². The van der Waals surface area contributed by atoms with E-state index in [2.05, 4.69) is 73.8 Å². The van der Waals surface area contributed by atoms with Gasteiger partial charge in [-0.1, -0.05) is 37.3 Å². The van der Waals surface area contributed by atoms with E-state index in [1.54, 1.807) is 11.3 Å². The molecule has 214 valence electrons. The number of guanidine groups is 1. The van der Waals surface area contributed by atoms with Gasteiger partial charge in [0, 0.05) is 34.6 Å². The normalized spacial score (nSPS) is 23.2. The third kappa shape index (κ3) is 6.15. The average molecular weight is 572 g/mol. The second-order valence-electron chi connectivity index (χ2n) is 13.0. The highest BCUT2D eigenvalue weighted by Gasteiger charge is 2.43. The molecule has 8 nitrogen and oxygen atoms in total. The molecule has 2 amide bonds. The first kappa shape index (κ1) is 26.6. The van der Waals surface area contributed by atoms with Crippen LogP contribution in [0.25, 0.3) is 0 Å². The van der Waals surface area contributed by atoms with E-state index in [4.69, 9.17) is 0 Å². The molecule has 2 heterocycles. The molecule has 3 saturated carbocycles. The number of nitrogens with zero attached hydrogens (tertiary/aromatic N) is 4. The maximum atomic E-state index is 13.5. The van der Waals surface area contributed by atoms with Gasteiger partial charge in [0.2, 0.25) is 12.2 Å². The Hall–Kier alpha value is -3.33. The zero-order chi connectivity index (χ0) is 28.0. The van der Waals surface area contributed by atoms with Crippen LogP contribution in [0.5, 0.6) is 0 Å². The Balaban J connectivity index is 1.13. The summed E-state index contributed by atoms with van der Waals surface area (Å²) in [6.45, 7) is 4.81. The predicted octanol–water partition coefficient (Wildman–Crippen LogP) is 5.04. The molecule has 2 aromatic rings. The molecule has 0 spiro atoms. The van der Waals surface area contributed by atoms with Gasteiger partial charge in [-0.15, -0.1) is 11.3 Å². The molecule has 1 atom stereocenters. The number of hydrogen-bond donors (Lipinski definition) is 2. The van der Waals surface area contributed by atoms with Crippen molar-refractivity contribution in [2.45, 2.75) is 71.3 Å². The number of benzene rings is 1. The molecule has 41 heavy (non-hydrogen) atoms. The van der Waals surface area contributed by atoms with Crippen molar-refractivity contribution >= 4 is 46.7 Å². The Morgan fingerprint density at radius 2 is 1.95 bits per heavy atom. The quantitative estimate of drug-likeness (QED) is 0.392. The second kappa shape index (κ2) is 10.8. The van der Waals surface area contributed by atoms with Crippen molar-refractivity contribution in [3.63, 3.8) is 0 Å². The van der Waals surface area contributed by atoms with Crippen LogP contribution in [-0.4, -0.2) is 52.9 Å². The highest BCUT2D eigenvalue weighted by atomic mass is 32.1. The summed E-state index contributed by atoms with van der Waals surface area (Å²) in [7, 11) is 0. The van der Waals surface area contributed by atoms with Gasteiger partial charge >= 0.3 is 5.96 Å². The van der Waals surface area contributed by atoms with Crippen molar-refractivity contribution in [1.82, 2.24) is 10.2 Å². The number of fused-ring (bicyclic) bond motifs is 1. The third-order valence-corrected chi connectivity index (χ3v) is 10.3. The molecule has 9 heteroatoms. The molecule has 1 unspecified atom stereocenters. The Labute approximate surface area is 245 Å². The minimum atomic E-state index is -0.0437. The summed E-state index contributed by atoms with van der Waals surface area (Å²) >= 11 is 1.60. The van der Waals surface area contributed by atoms with Gasteiger partial charge in [-0.05, 0) is 80.2 Å². The molecule has 1 aromatic carbocycles. The zero-order valence-corrected chi connectivity index (χ0v) is 24.6. The van der Waals surface area contributed by atoms with Crippen molar-refractivity contribution in [2.75, 3.05) is 18.4 Å². The number of carbonyl (C=O) groups is 2. The second-order valence-corrected chi connectivity index (χ2v) is 14.1. The molecular formula is C32H39N6O2S+. The number of rotatable bonds is 10. The van der Waals surface area contributed by atoms with Crippen LogP contribution in [0.15, 0.2) is 40.5 Å². The Morgan fingerprint density at radius 3 is 2.68 bits per heavy atom. The lowest BCUT2D eigenvalue weighted by atomic mass is 9.87. The standard InChI is InChI=1S/C32H38N6O2S/c1-32(13-14-32)19-37(17-22-5-3-2-4-6-22)31-36-34-20-38(31)18-23-9-12-26-25(15-23)27(29(40)33-16-21-7-8-21)30(41-26)35-28(39)24-10-11-24/h2-6,18,20-21,23-24H,7-17,19H2,1H3,(H-,33,35,39,40)/p+1/b38-18+. The van der Waals surface area contributed by atoms with Gasteiger partial charge in [-0.2, -0.15) is 0 Å². The largest absolute Gasteiger partial charge is 0.387 e. The number of hydrogen-bond acceptors (Lipinski definition) is 6. The number of anilines is 1. The van der Waals surface area contributed by atoms with Gasteiger partial charge in [-0.25, -0.2) is 4.58 Å². The molecule has 5 aliphatic rings. The maximum Gasteiger partial charge on any atom is 0.387 e. The zero-order valence-electron chi connectivity index (χ0n) is 23.8. The summed E-state index contributed by atoms with van der Waals surface area (Å²) in [6, 6.07) is 10.6. The first-order valence-electron chi connectivity index (χ1n) is 15.2. The van der Waals surface area contributed by atoms with Gasteiger partial charge < -0.3 is 10.6 Å². The van der Waals surface area contributed by atoms with E-state index in [1.807, 2.05) is 6.34 Å². The molecule has 1 aromatic heterocycles. The summed E-state index contributed by atoms with van der Waals surface area (Å²) < 4.78 is 2.10. The summed E-state index contributed by atoms with van der Waals surface area (Å²) in [4.78, 5) is 29.8. The van der Waals surface area contributed by atoms with E-state index in [1.165, 1.54) is 36.1 Å². The average Bonchev–Trinajstić information content (AvgIpc) is 3.90. The van der Waals surface area contributed by atoms with Crippen LogP contribution in [0.2, 0.25) is 0 Å². The molecule has 1 aliphatic heterocycles. The van der Waals surface area contributed by atoms with Crippen LogP contribution in [0.3, 0.4) is 0 Å². The molecule has 4 aliphatic carbocycles. The smallest absolute Gasteiger partial charge is 0.352 e. The maximum absolute atomic E-state index is 13.5. The monoisotopic (exact) mass is 571 g/mol. The van der Waals surface area contributed by atoms with E-state index >= 15 is 0 Å². The van der Waals surface area contributed by atoms with Gasteiger partial charge in [0.1, 0.15) is 5.00 Å². The minimum absolute atomic E-state index is 0.0437. The SMILES string of the molecule is CC1(CN(Cc2ccccc2)C2=NN=C/[N+]2=C\C2CCc3sc(NC(=O)C4CC4)c(C(=O)NCC4CC4)c3C2)CC1. The predicted molar refractivity (Wildman–Crippen MR) is 163 cm³/mol. The topological polar surface area (TPSA) is 89.2 Å². The van der Waals surface area contributed by atoms with Gasteiger partial charge in [0.15, 0.2) is 0 Å². The number of amides is 2. The molecule has 0 bridgehead atoms. The van der Waals surface area contributed by atoms with E-state index in [-0.39, 0.29) is 23.7 Å². The fourth-order valence-electron chi connectivity index (χ4n) is 5.90. The van der Waals surface area contributed by atoms with Crippen LogP contribution in [0, 0.1) is 23.2 Å². The van der Waals surface area contributed by atoms with Crippen LogP contribution in [-0.2, 0) is 24.2 Å². The van der Waals surface area contributed by atoms with Crippen molar-refractivity contribution in [3.8, 4) is 0 Å². The van der Waals surface area contributed by atoms with Crippen molar-refractivity contribution in [2.24, 2.45) is 33.4 Å². The highest BCUT2D eigenvalue weighted by Crippen LogP contribution is 2.46. The summed E-state index contributed by atoms with van der Waals surface area (Å²) in [5.41, 5.74) is 3.37. The summed E-state index contributed by atoms with van der Waals surface area (Å²) in [5, 5.41) is 15.9. The number of carbonyl (C=O) groups excluding carboxylic acids is 2. The van der Waals surface area contributed by atoms with E-state index in [0.717, 1.165) is 68.3 Å². The first-order valence-corrected chi connectivity index (χ1v) is 16.0. The lowest BCUT2D eigenvalue weighted by Crippen LogP contribution is -2.41. The minimum Gasteiger partial charge on any atom is -0.352 e. The van der Waals surface area contributed by atoms with Crippen molar-refractivity contribution < 1.29 is 14.2 Å². The van der Waals surface area contributed by atoms with E-state index in [9.17, 15) is 9.59 Å². The summed E-state index contributed by atoms with van der Waals surface area (Å²) in [5.74, 6) is 1.82. The Morgan fingerprint density at radius 1 is 1.15 bits per heavy atom. The summed E-state index contributed by atoms with van der Waals surface area (Å²) in [6.07, 6.45) is 13.5. The Kier molecular flexibility index (Phi) is 7.01. The lowest BCUT2D eigenvalue weighted by Gasteiger charge is -2.24. The number of thiophene rings is 1. The van der Waals surface area contributed by atoms with Crippen molar-refractivity contribution in [3.05, 3.63) is 51.9 Å². The molecule has 2 N–H and O–H groups in total. The van der Waals surface area contributed by atoms with E-state index in [0.29, 0.717) is 16.9 Å². The van der Waals surface area contributed by atoms with E-state index < -0.39 is 0 Å². The molecule has 0 radical (unpaired) electrons. The molecule has 0 saturated heterocycles. The number of aryl methyl sites for hydroxylation is 1. The van der Waals surface area contributed by atoms with Gasteiger partial charge in [-0.3, -0.25) is 14.5 Å². The van der Waals surface area contributed by atoms with Gasteiger partial charge in [0.05, 0.1) is 23.8 Å². The fourth-order valence-corrected chi connectivity index (χ4v) is 7.15. The molecule has 7 rings (SSSR count). The lowest BCUT2D eigenvalue weighted by molar-refractivity contribution is -0.268. The van der Waals surface area contributed by atoms with Crippen LogP contribution in [0.4, 0.5) is 5.00 Å². The molecular weight excluding hydrogens is 532 g/mol. The molecule has 3 fully saturated rings. The van der Waals surface area contributed by atoms with Gasteiger partial charge in [0.25, 0.3) is 5.91 Å². The number of nitrogens with one attached hydrogen (secondary N) is 2. The highest BCUT2D eigenvalue weighted by molar-refractivity contribution is 7.17. The third-order valence-electron chi connectivity index (χ3n) is 9.06. The van der Waals surface area contributed by atoms with Crippen LogP contribution in [0.1, 0.15) is 78.2 Å². The Bertz CT molecular complexity index is 1430. The van der Waals surface area contributed by atoms with Crippen LogP contribution >= 0.6 is 11.3 Å². The fraction of sp³-hybridized carbons (Fsp3) is 0.531.